The van der Waals surface area contributed by atoms with Crippen molar-refractivity contribution in [2.45, 2.75) is 32.5 Å². The summed E-state index contributed by atoms with van der Waals surface area (Å²) in [5.74, 6) is -0.288. The molecule has 1 aliphatic heterocycles. The monoisotopic (exact) mass is 578 g/mol. The highest BCUT2D eigenvalue weighted by Gasteiger charge is 2.34. The summed E-state index contributed by atoms with van der Waals surface area (Å²) in [5.41, 5.74) is 4.75. The number of aliphatic hydroxyl groups excluding tert-OH is 1. The minimum atomic E-state index is -0.377. The predicted octanol–water partition coefficient (Wildman–Crippen LogP) is 5.35. The van der Waals surface area contributed by atoms with Gasteiger partial charge >= 0.3 is 0 Å². The number of hydrogen-bond donors (Lipinski definition) is 2. The highest BCUT2D eigenvalue weighted by atomic mass is 16.5. The molecule has 3 aromatic carbocycles. The number of carbonyl (C=O) groups excluding carboxylic acids is 2. The Bertz CT molecular complexity index is 1530. The van der Waals surface area contributed by atoms with E-state index in [0.717, 1.165) is 0 Å². The predicted molar refractivity (Wildman–Crippen MR) is 168 cm³/mol. The molecule has 1 aromatic heterocycles. The Morgan fingerprint density at radius 2 is 1.72 bits per heavy atom. The van der Waals surface area contributed by atoms with Crippen LogP contribution in [0, 0.1) is 5.92 Å². The third kappa shape index (κ3) is 7.10. The van der Waals surface area contributed by atoms with E-state index in [2.05, 4.69) is 65.6 Å². The molecule has 2 N–H and O–H groups in total. The maximum atomic E-state index is 13.7. The molecule has 0 saturated carbocycles. The fourth-order valence-corrected chi connectivity index (χ4v) is 5.37. The number of carbonyl (C=O) groups is 2. The van der Waals surface area contributed by atoms with Gasteiger partial charge in [-0.05, 0) is 54.9 Å². The summed E-state index contributed by atoms with van der Waals surface area (Å²) in [4.78, 5) is 34.7. The first-order chi connectivity index (χ1) is 20.8. The van der Waals surface area contributed by atoms with Gasteiger partial charge < -0.3 is 20.1 Å². The molecule has 2 amide bonds. The topological polar surface area (TPSA) is 95.0 Å². The molecule has 43 heavy (non-hydrogen) atoms. The third-order valence-electron chi connectivity index (χ3n) is 7.89. The number of aliphatic hydroxyl groups is 1. The van der Waals surface area contributed by atoms with E-state index in [1.807, 2.05) is 25.1 Å². The van der Waals surface area contributed by atoms with Gasteiger partial charge in [-0.25, -0.2) is 0 Å². The molecule has 1 aliphatic rings. The van der Waals surface area contributed by atoms with Gasteiger partial charge in [0.25, 0.3) is 11.8 Å². The van der Waals surface area contributed by atoms with Crippen molar-refractivity contribution in [3.05, 3.63) is 114 Å². The maximum absolute atomic E-state index is 13.7. The van der Waals surface area contributed by atoms with E-state index >= 15 is 0 Å². The van der Waals surface area contributed by atoms with E-state index in [1.54, 1.807) is 47.6 Å². The molecular weight excluding hydrogens is 540 g/mol. The molecule has 0 fully saturated rings. The number of fused-ring (bicyclic) bond motifs is 1. The second kappa shape index (κ2) is 13.6. The second-order valence-electron chi connectivity index (χ2n) is 11.3. The Labute approximate surface area is 252 Å². The Kier molecular flexibility index (Phi) is 9.49. The van der Waals surface area contributed by atoms with Crippen LogP contribution in [0.1, 0.15) is 40.1 Å². The average molecular weight is 579 g/mol. The Balaban J connectivity index is 1.39. The SMILES string of the molecule is C[C@@H]1CN([C@H](C)CO)C(=O)c2cccc(NC(=O)c3ccncc3)c2O[C@H]1CN(C)Cc1ccc(-c2ccccc2)cc1. The lowest BCUT2D eigenvalue weighted by molar-refractivity contribution is 0.0343. The van der Waals surface area contributed by atoms with Crippen molar-refractivity contribution in [3.8, 4) is 16.9 Å². The zero-order chi connectivity index (χ0) is 30.3. The summed E-state index contributed by atoms with van der Waals surface area (Å²) in [6.45, 7) is 5.46. The van der Waals surface area contributed by atoms with Gasteiger partial charge in [0.05, 0.1) is 23.9 Å². The van der Waals surface area contributed by atoms with Gasteiger partial charge in [-0.3, -0.25) is 19.5 Å². The number of nitrogens with one attached hydrogen (secondary N) is 1. The van der Waals surface area contributed by atoms with E-state index in [4.69, 9.17) is 4.74 Å². The number of aromatic nitrogens is 1. The summed E-state index contributed by atoms with van der Waals surface area (Å²) in [6.07, 6.45) is 2.82. The summed E-state index contributed by atoms with van der Waals surface area (Å²) < 4.78 is 6.66. The van der Waals surface area contributed by atoms with E-state index in [1.165, 1.54) is 16.7 Å². The molecule has 3 atom stereocenters. The summed E-state index contributed by atoms with van der Waals surface area (Å²) in [6, 6.07) is 26.9. The van der Waals surface area contributed by atoms with Crippen molar-refractivity contribution in [1.29, 1.82) is 0 Å². The van der Waals surface area contributed by atoms with Crippen molar-refractivity contribution in [1.82, 2.24) is 14.8 Å². The zero-order valence-electron chi connectivity index (χ0n) is 24.8. The quantitative estimate of drug-likeness (QED) is 0.278. The van der Waals surface area contributed by atoms with E-state index in [-0.39, 0.29) is 36.5 Å². The highest BCUT2D eigenvalue weighted by Crippen LogP contribution is 2.35. The van der Waals surface area contributed by atoms with Crippen molar-refractivity contribution in [2.24, 2.45) is 5.92 Å². The van der Waals surface area contributed by atoms with Crippen LogP contribution < -0.4 is 10.1 Å². The molecule has 5 rings (SSSR count). The van der Waals surface area contributed by atoms with Gasteiger partial charge in [0.1, 0.15) is 6.10 Å². The van der Waals surface area contributed by atoms with Gasteiger partial charge in [-0.15, -0.1) is 0 Å². The number of pyridine rings is 1. The molecule has 0 saturated heterocycles. The van der Waals surface area contributed by atoms with Crippen LogP contribution in [-0.2, 0) is 6.54 Å². The van der Waals surface area contributed by atoms with Gasteiger partial charge in [0.15, 0.2) is 5.75 Å². The lowest BCUT2D eigenvalue weighted by Crippen LogP contribution is -2.49. The average Bonchev–Trinajstić information content (AvgIpc) is 3.03. The molecule has 0 radical (unpaired) electrons. The van der Waals surface area contributed by atoms with Crippen LogP contribution in [0.4, 0.5) is 5.69 Å². The number of nitrogens with zero attached hydrogens (tertiary/aromatic N) is 3. The Hall–Kier alpha value is -4.53. The smallest absolute Gasteiger partial charge is 0.258 e. The van der Waals surface area contributed by atoms with Crippen LogP contribution in [0.3, 0.4) is 0 Å². The largest absolute Gasteiger partial charge is 0.486 e. The number of likely N-dealkylation sites (N-methyl/N-ethyl adjacent to an activating group) is 1. The van der Waals surface area contributed by atoms with E-state index < -0.39 is 0 Å². The number of amides is 2. The zero-order valence-corrected chi connectivity index (χ0v) is 24.8. The third-order valence-corrected chi connectivity index (χ3v) is 7.89. The second-order valence-corrected chi connectivity index (χ2v) is 11.3. The number of hydrogen-bond acceptors (Lipinski definition) is 6. The number of ether oxygens (including phenoxy) is 1. The van der Waals surface area contributed by atoms with Gasteiger partial charge in [0.2, 0.25) is 0 Å². The Morgan fingerprint density at radius 3 is 2.42 bits per heavy atom. The first-order valence-electron chi connectivity index (χ1n) is 14.6. The number of para-hydroxylation sites is 1. The lowest BCUT2D eigenvalue weighted by atomic mass is 9.98. The summed E-state index contributed by atoms with van der Waals surface area (Å²) >= 11 is 0. The molecule has 8 nitrogen and oxygen atoms in total. The number of anilines is 1. The minimum Gasteiger partial charge on any atom is -0.486 e. The van der Waals surface area contributed by atoms with E-state index in [9.17, 15) is 14.7 Å². The molecule has 4 aromatic rings. The molecular formula is C35H38N4O4. The van der Waals surface area contributed by atoms with Gasteiger partial charge in [-0.2, -0.15) is 0 Å². The standard InChI is InChI=1S/C35H38N4O4/c1-24-20-39(25(2)23-40)35(42)30-10-7-11-31(37-34(41)29-16-18-36-19-17-29)33(30)43-32(24)22-38(3)21-26-12-14-28(15-13-26)27-8-5-4-6-9-27/h4-19,24-25,32,40H,20-23H2,1-3H3,(H,37,41)/t24-,25-,32+/m1/s1. The number of benzene rings is 3. The van der Waals surface area contributed by atoms with Crippen LogP contribution in [0.25, 0.3) is 11.1 Å². The van der Waals surface area contributed by atoms with Crippen molar-refractivity contribution < 1.29 is 19.4 Å². The minimum absolute atomic E-state index is 0.0574. The fourth-order valence-electron chi connectivity index (χ4n) is 5.37. The molecule has 222 valence electrons. The molecule has 0 aliphatic carbocycles. The highest BCUT2D eigenvalue weighted by molar-refractivity contribution is 6.07. The van der Waals surface area contributed by atoms with Crippen molar-refractivity contribution >= 4 is 17.5 Å². The summed E-state index contributed by atoms with van der Waals surface area (Å²) in [7, 11) is 2.05. The van der Waals surface area contributed by atoms with Gasteiger partial charge in [-0.1, -0.05) is 67.6 Å². The lowest BCUT2D eigenvalue weighted by Gasteiger charge is -2.38. The first-order valence-corrected chi connectivity index (χ1v) is 14.6. The van der Waals surface area contributed by atoms with Crippen LogP contribution in [0.15, 0.2) is 97.3 Å². The fraction of sp³-hybridized carbons (Fsp3) is 0.286. The summed E-state index contributed by atoms with van der Waals surface area (Å²) in [5, 5.41) is 12.9. The van der Waals surface area contributed by atoms with Crippen LogP contribution in [-0.4, -0.2) is 70.6 Å². The molecule has 2 heterocycles. The van der Waals surface area contributed by atoms with E-state index in [0.29, 0.717) is 42.2 Å². The van der Waals surface area contributed by atoms with Crippen molar-refractivity contribution in [3.63, 3.8) is 0 Å². The van der Waals surface area contributed by atoms with Crippen LogP contribution in [0.5, 0.6) is 5.75 Å². The van der Waals surface area contributed by atoms with Gasteiger partial charge in [0, 0.05) is 43.5 Å². The first kappa shape index (κ1) is 29.9. The van der Waals surface area contributed by atoms with Crippen molar-refractivity contribution in [2.75, 3.05) is 32.1 Å². The van der Waals surface area contributed by atoms with Crippen LogP contribution >= 0.6 is 0 Å². The Morgan fingerprint density at radius 1 is 1.02 bits per heavy atom. The molecule has 0 spiro atoms. The van der Waals surface area contributed by atoms with Crippen LogP contribution in [0.2, 0.25) is 0 Å². The maximum Gasteiger partial charge on any atom is 0.258 e. The number of rotatable bonds is 9. The molecule has 0 bridgehead atoms. The molecule has 0 unspecified atom stereocenters. The normalized spacial score (nSPS) is 17.4. The molecule has 8 heteroatoms.